The summed E-state index contributed by atoms with van der Waals surface area (Å²) in [7, 11) is 0. The van der Waals surface area contributed by atoms with Crippen LogP contribution in [0.25, 0.3) is 10.9 Å². The standard InChI is InChI=1S/C17H21N/c1-12-5-4-6-13-14-11-17(8-2-3-9-17)10-7-15(14)18-16(12)13/h4-6,18H,2-3,7-11H2,1H3. The van der Waals surface area contributed by atoms with Crippen molar-refractivity contribution in [2.24, 2.45) is 5.41 Å². The van der Waals surface area contributed by atoms with E-state index in [1.807, 2.05) is 0 Å². The molecule has 0 unspecified atom stereocenters. The van der Waals surface area contributed by atoms with Crippen molar-refractivity contribution >= 4 is 10.9 Å². The number of fused-ring (bicyclic) bond motifs is 3. The second kappa shape index (κ2) is 3.63. The third-order valence-corrected chi connectivity index (χ3v) is 5.36. The van der Waals surface area contributed by atoms with Crippen LogP contribution >= 0.6 is 0 Å². The number of nitrogens with one attached hydrogen (secondary N) is 1. The van der Waals surface area contributed by atoms with E-state index in [-0.39, 0.29) is 0 Å². The second-order valence-corrected chi connectivity index (χ2v) is 6.46. The van der Waals surface area contributed by atoms with Crippen LogP contribution in [0.15, 0.2) is 18.2 Å². The van der Waals surface area contributed by atoms with Crippen LogP contribution in [0.5, 0.6) is 0 Å². The topological polar surface area (TPSA) is 15.8 Å². The molecule has 4 rings (SSSR count). The zero-order chi connectivity index (χ0) is 12.2. The monoisotopic (exact) mass is 239 g/mol. The van der Waals surface area contributed by atoms with Crippen LogP contribution in [0.2, 0.25) is 0 Å². The number of rotatable bonds is 0. The van der Waals surface area contributed by atoms with Crippen molar-refractivity contribution in [2.45, 2.75) is 51.9 Å². The van der Waals surface area contributed by atoms with Crippen molar-refractivity contribution in [3.05, 3.63) is 35.0 Å². The molecule has 0 bridgehead atoms. The third kappa shape index (κ3) is 1.39. The first-order chi connectivity index (χ1) is 8.77. The number of H-pyrrole nitrogens is 1. The van der Waals surface area contributed by atoms with Gasteiger partial charge in [0, 0.05) is 16.6 Å². The smallest absolute Gasteiger partial charge is 0.0488 e. The van der Waals surface area contributed by atoms with E-state index in [1.54, 1.807) is 5.56 Å². The molecule has 0 amide bonds. The Hall–Kier alpha value is -1.24. The molecule has 0 saturated heterocycles. The average Bonchev–Trinajstić information content (AvgIpc) is 2.96. The summed E-state index contributed by atoms with van der Waals surface area (Å²) in [6, 6.07) is 6.74. The van der Waals surface area contributed by atoms with Crippen molar-refractivity contribution in [1.82, 2.24) is 4.98 Å². The molecule has 0 aliphatic heterocycles. The second-order valence-electron chi connectivity index (χ2n) is 6.46. The molecule has 1 heterocycles. The van der Waals surface area contributed by atoms with Gasteiger partial charge in [-0.3, -0.25) is 0 Å². The van der Waals surface area contributed by atoms with Crippen molar-refractivity contribution in [3.63, 3.8) is 0 Å². The Labute approximate surface area is 109 Å². The van der Waals surface area contributed by atoms with Crippen molar-refractivity contribution in [3.8, 4) is 0 Å². The fraction of sp³-hybridized carbons (Fsp3) is 0.529. The summed E-state index contributed by atoms with van der Waals surface area (Å²) in [6.45, 7) is 2.22. The van der Waals surface area contributed by atoms with E-state index in [1.165, 1.54) is 67.1 Å². The van der Waals surface area contributed by atoms with Gasteiger partial charge in [0.25, 0.3) is 0 Å². The number of benzene rings is 1. The first-order valence-electron chi connectivity index (χ1n) is 7.37. The number of aryl methyl sites for hydroxylation is 2. The highest BCUT2D eigenvalue weighted by Gasteiger charge is 2.38. The lowest BCUT2D eigenvalue weighted by Crippen LogP contribution is -2.25. The Bertz CT molecular complexity index is 599. The molecule has 1 heteroatoms. The normalized spacial score (nSPS) is 21.6. The summed E-state index contributed by atoms with van der Waals surface area (Å²) in [5, 5.41) is 1.50. The molecule has 18 heavy (non-hydrogen) atoms. The van der Waals surface area contributed by atoms with E-state index in [0.29, 0.717) is 5.41 Å². The summed E-state index contributed by atoms with van der Waals surface area (Å²) in [5.74, 6) is 0. The van der Waals surface area contributed by atoms with Crippen LogP contribution in [0, 0.1) is 12.3 Å². The lowest BCUT2D eigenvalue weighted by Gasteiger charge is -2.33. The number of hydrogen-bond acceptors (Lipinski definition) is 0. The molecule has 1 N–H and O–H groups in total. The zero-order valence-electron chi connectivity index (χ0n) is 11.2. The summed E-state index contributed by atoms with van der Waals surface area (Å²) in [4.78, 5) is 3.69. The summed E-state index contributed by atoms with van der Waals surface area (Å²) < 4.78 is 0. The van der Waals surface area contributed by atoms with Gasteiger partial charge >= 0.3 is 0 Å². The van der Waals surface area contributed by atoms with Crippen LogP contribution in [0.1, 0.15) is 48.9 Å². The minimum absolute atomic E-state index is 0.659. The van der Waals surface area contributed by atoms with E-state index < -0.39 is 0 Å². The Morgan fingerprint density at radius 3 is 2.78 bits per heavy atom. The van der Waals surface area contributed by atoms with Gasteiger partial charge in [0.05, 0.1) is 0 Å². The van der Waals surface area contributed by atoms with E-state index in [4.69, 9.17) is 0 Å². The summed E-state index contributed by atoms with van der Waals surface area (Å²) >= 11 is 0. The highest BCUT2D eigenvalue weighted by atomic mass is 14.7. The fourth-order valence-electron chi connectivity index (χ4n) is 4.29. The van der Waals surface area contributed by atoms with E-state index in [9.17, 15) is 0 Å². The SMILES string of the molecule is Cc1cccc2c3c([nH]c12)CCC1(CCCC1)C3. The molecule has 1 nitrogen and oxygen atoms in total. The van der Waals surface area contributed by atoms with Crippen molar-refractivity contribution in [1.29, 1.82) is 0 Å². The van der Waals surface area contributed by atoms with Gasteiger partial charge in [0.15, 0.2) is 0 Å². The van der Waals surface area contributed by atoms with Crippen molar-refractivity contribution < 1.29 is 0 Å². The number of aromatic amines is 1. The molecule has 1 spiro atoms. The first kappa shape index (κ1) is 10.7. The maximum Gasteiger partial charge on any atom is 0.0488 e. The Kier molecular flexibility index (Phi) is 2.15. The lowest BCUT2D eigenvalue weighted by molar-refractivity contribution is 0.255. The largest absolute Gasteiger partial charge is 0.358 e. The van der Waals surface area contributed by atoms with Gasteiger partial charge in [-0.15, -0.1) is 0 Å². The average molecular weight is 239 g/mol. The number of aromatic nitrogens is 1. The van der Waals surface area contributed by atoms with E-state index in [0.717, 1.165) is 0 Å². The molecule has 1 saturated carbocycles. The van der Waals surface area contributed by atoms with Crippen LogP contribution in [-0.2, 0) is 12.8 Å². The van der Waals surface area contributed by atoms with E-state index >= 15 is 0 Å². The van der Waals surface area contributed by atoms with Crippen LogP contribution in [0.4, 0.5) is 0 Å². The summed E-state index contributed by atoms with van der Waals surface area (Å²) in [6.07, 6.45) is 9.84. The molecule has 94 valence electrons. The van der Waals surface area contributed by atoms with E-state index in [2.05, 4.69) is 30.1 Å². The predicted molar refractivity (Wildman–Crippen MR) is 76.0 cm³/mol. The predicted octanol–water partition coefficient (Wildman–Crippen LogP) is 4.53. The molecule has 1 fully saturated rings. The summed E-state index contributed by atoms with van der Waals surface area (Å²) in [5.41, 5.74) is 6.60. The van der Waals surface area contributed by atoms with Crippen LogP contribution in [-0.4, -0.2) is 4.98 Å². The molecular formula is C17H21N. The van der Waals surface area contributed by atoms with Gasteiger partial charge in [-0.25, -0.2) is 0 Å². The van der Waals surface area contributed by atoms with Gasteiger partial charge in [0.2, 0.25) is 0 Å². The minimum atomic E-state index is 0.659. The molecule has 2 aromatic rings. The number of hydrogen-bond donors (Lipinski definition) is 1. The quantitative estimate of drug-likeness (QED) is 0.695. The lowest BCUT2D eigenvalue weighted by atomic mass is 9.72. The Morgan fingerprint density at radius 2 is 1.94 bits per heavy atom. The molecule has 1 aromatic heterocycles. The highest BCUT2D eigenvalue weighted by molar-refractivity contribution is 5.87. The first-order valence-corrected chi connectivity index (χ1v) is 7.37. The third-order valence-electron chi connectivity index (χ3n) is 5.36. The molecule has 2 aliphatic carbocycles. The highest BCUT2D eigenvalue weighted by Crippen LogP contribution is 2.49. The van der Waals surface area contributed by atoms with Crippen LogP contribution in [0.3, 0.4) is 0 Å². The minimum Gasteiger partial charge on any atom is -0.358 e. The fourth-order valence-corrected chi connectivity index (χ4v) is 4.29. The molecule has 1 aromatic carbocycles. The molecule has 0 radical (unpaired) electrons. The Balaban J connectivity index is 1.87. The molecular weight excluding hydrogens is 218 g/mol. The van der Waals surface area contributed by atoms with Gasteiger partial charge in [-0.1, -0.05) is 31.0 Å². The van der Waals surface area contributed by atoms with Gasteiger partial charge in [-0.2, -0.15) is 0 Å². The van der Waals surface area contributed by atoms with Gasteiger partial charge < -0.3 is 4.98 Å². The molecule has 0 atom stereocenters. The zero-order valence-corrected chi connectivity index (χ0v) is 11.2. The Morgan fingerprint density at radius 1 is 1.11 bits per heavy atom. The number of para-hydroxylation sites is 1. The molecule has 2 aliphatic rings. The van der Waals surface area contributed by atoms with Gasteiger partial charge in [-0.05, 0) is 55.6 Å². The van der Waals surface area contributed by atoms with Crippen molar-refractivity contribution in [2.75, 3.05) is 0 Å². The van der Waals surface area contributed by atoms with Gasteiger partial charge in [0.1, 0.15) is 0 Å². The maximum atomic E-state index is 3.69. The maximum absolute atomic E-state index is 3.69. The van der Waals surface area contributed by atoms with Crippen LogP contribution < -0.4 is 0 Å².